The topological polar surface area (TPSA) is 38.4 Å². The van der Waals surface area contributed by atoms with Gasteiger partial charge in [-0.2, -0.15) is 0 Å². The maximum Gasteiger partial charge on any atom is 0.0972 e. The third-order valence-corrected chi connectivity index (χ3v) is 3.91. The fourth-order valence-electron chi connectivity index (χ4n) is 2.30. The molecule has 0 aromatic heterocycles. The van der Waals surface area contributed by atoms with Crippen LogP contribution in [0.15, 0.2) is 33.7 Å². The minimum Gasteiger partial charge on any atom is -0.387 e. The van der Waals surface area contributed by atoms with Crippen LogP contribution in [0, 0.1) is 5.92 Å². The molecule has 0 bridgehead atoms. The Balaban J connectivity index is 1.92. The number of hydrogen-bond acceptors (Lipinski definition) is 1. The zero-order chi connectivity index (χ0) is 12.1. The Hall–Kier alpha value is -0.830. The molecule has 1 aromatic carbocycles. The lowest BCUT2D eigenvalue weighted by Crippen LogP contribution is -2.25. The highest BCUT2D eigenvalue weighted by Gasteiger charge is 2.16. The van der Waals surface area contributed by atoms with Gasteiger partial charge in [-0.3, -0.25) is 4.99 Å². The summed E-state index contributed by atoms with van der Waals surface area (Å²) < 4.78 is 1.10. The number of rotatable bonds is 3. The van der Waals surface area contributed by atoms with Gasteiger partial charge in [0.05, 0.1) is 12.4 Å². The van der Waals surface area contributed by atoms with Crippen molar-refractivity contribution in [3.63, 3.8) is 0 Å². The lowest BCUT2D eigenvalue weighted by molar-refractivity contribution is 0.436. The van der Waals surface area contributed by atoms with E-state index >= 15 is 0 Å². The number of aliphatic imine (C=N–C) groups is 1. The van der Waals surface area contributed by atoms with E-state index < -0.39 is 0 Å². The van der Waals surface area contributed by atoms with Crippen molar-refractivity contribution < 1.29 is 0 Å². The lowest BCUT2D eigenvalue weighted by Gasteiger charge is -2.20. The van der Waals surface area contributed by atoms with Crippen LogP contribution in [0.5, 0.6) is 0 Å². The maximum absolute atomic E-state index is 6.07. The fourth-order valence-corrected chi connectivity index (χ4v) is 2.56. The molecule has 0 spiro atoms. The van der Waals surface area contributed by atoms with Gasteiger partial charge in [-0.15, -0.1) is 0 Å². The van der Waals surface area contributed by atoms with Gasteiger partial charge in [0.1, 0.15) is 0 Å². The molecule has 1 aromatic rings. The van der Waals surface area contributed by atoms with E-state index in [4.69, 9.17) is 5.73 Å². The summed E-state index contributed by atoms with van der Waals surface area (Å²) in [4.78, 5) is 4.53. The molecule has 1 saturated carbocycles. The van der Waals surface area contributed by atoms with Crippen molar-refractivity contribution in [3.8, 4) is 0 Å². The number of hydrogen-bond donors (Lipinski definition) is 1. The van der Waals surface area contributed by atoms with Crippen LogP contribution in [0.2, 0.25) is 0 Å². The summed E-state index contributed by atoms with van der Waals surface area (Å²) >= 11 is 3.43. The SMILES string of the molecule is NC(=NCc1ccc(Br)cc1)C1CCCCC1. The second kappa shape index (κ2) is 6.20. The molecule has 2 N–H and O–H groups in total. The standard InChI is InChI=1S/C14H19BrN2/c15-13-8-6-11(7-9-13)10-17-14(16)12-4-2-1-3-5-12/h6-9,12H,1-5,10H2,(H2,16,17). The van der Waals surface area contributed by atoms with E-state index in [0.29, 0.717) is 12.5 Å². The van der Waals surface area contributed by atoms with Crippen LogP contribution in [0.1, 0.15) is 37.7 Å². The van der Waals surface area contributed by atoms with Gasteiger partial charge in [-0.25, -0.2) is 0 Å². The summed E-state index contributed by atoms with van der Waals surface area (Å²) in [5, 5.41) is 0. The summed E-state index contributed by atoms with van der Waals surface area (Å²) in [5.74, 6) is 1.38. The van der Waals surface area contributed by atoms with Crippen LogP contribution in [-0.4, -0.2) is 5.84 Å². The van der Waals surface area contributed by atoms with E-state index in [1.54, 1.807) is 0 Å². The first-order valence-electron chi connectivity index (χ1n) is 6.30. The van der Waals surface area contributed by atoms with Gasteiger partial charge in [0.25, 0.3) is 0 Å². The molecule has 0 unspecified atom stereocenters. The van der Waals surface area contributed by atoms with Crippen molar-refractivity contribution in [1.82, 2.24) is 0 Å². The number of amidine groups is 1. The van der Waals surface area contributed by atoms with Gasteiger partial charge >= 0.3 is 0 Å². The maximum atomic E-state index is 6.07. The van der Waals surface area contributed by atoms with Crippen molar-refractivity contribution in [1.29, 1.82) is 0 Å². The Morgan fingerprint density at radius 1 is 1.18 bits per heavy atom. The Labute approximate surface area is 111 Å². The fraction of sp³-hybridized carbons (Fsp3) is 0.500. The van der Waals surface area contributed by atoms with Gasteiger partial charge < -0.3 is 5.73 Å². The highest BCUT2D eigenvalue weighted by Crippen LogP contribution is 2.23. The molecular formula is C14H19BrN2. The van der Waals surface area contributed by atoms with Gasteiger partial charge in [0.15, 0.2) is 0 Å². The monoisotopic (exact) mass is 294 g/mol. The first-order valence-corrected chi connectivity index (χ1v) is 7.09. The Kier molecular flexibility index (Phi) is 4.60. The average molecular weight is 295 g/mol. The molecule has 0 atom stereocenters. The Bertz CT molecular complexity index is 378. The molecule has 0 heterocycles. The summed E-state index contributed by atoms with van der Waals surface area (Å²) in [7, 11) is 0. The zero-order valence-electron chi connectivity index (χ0n) is 10.0. The molecule has 92 valence electrons. The zero-order valence-corrected chi connectivity index (χ0v) is 11.6. The molecule has 0 radical (unpaired) electrons. The van der Waals surface area contributed by atoms with Crippen LogP contribution >= 0.6 is 15.9 Å². The van der Waals surface area contributed by atoms with E-state index in [9.17, 15) is 0 Å². The highest BCUT2D eigenvalue weighted by atomic mass is 79.9. The van der Waals surface area contributed by atoms with E-state index in [-0.39, 0.29) is 0 Å². The summed E-state index contributed by atoms with van der Waals surface area (Å²) in [6.07, 6.45) is 6.40. The van der Waals surface area contributed by atoms with Crippen LogP contribution in [-0.2, 0) is 6.54 Å². The number of nitrogens with two attached hydrogens (primary N) is 1. The van der Waals surface area contributed by atoms with Crippen LogP contribution < -0.4 is 5.73 Å². The number of benzene rings is 1. The van der Waals surface area contributed by atoms with Crippen molar-refractivity contribution in [3.05, 3.63) is 34.3 Å². The normalized spacial score (nSPS) is 18.3. The average Bonchev–Trinajstić information content (AvgIpc) is 2.39. The number of halogens is 1. The van der Waals surface area contributed by atoms with Gasteiger partial charge in [0, 0.05) is 10.4 Å². The van der Waals surface area contributed by atoms with E-state index in [1.807, 2.05) is 12.1 Å². The van der Waals surface area contributed by atoms with Gasteiger partial charge in [-0.05, 0) is 30.5 Å². The predicted octanol–water partition coefficient (Wildman–Crippen LogP) is 3.89. The van der Waals surface area contributed by atoms with Crippen molar-refractivity contribution >= 4 is 21.8 Å². The predicted molar refractivity (Wildman–Crippen MR) is 76.0 cm³/mol. The Morgan fingerprint density at radius 3 is 2.47 bits per heavy atom. The minimum absolute atomic E-state index is 0.527. The molecule has 0 saturated heterocycles. The van der Waals surface area contributed by atoms with E-state index in [0.717, 1.165) is 10.3 Å². The molecule has 2 nitrogen and oxygen atoms in total. The smallest absolute Gasteiger partial charge is 0.0972 e. The summed E-state index contributed by atoms with van der Waals surface area (Å²) in [6.45, 7) is 0.704. The third kappa shape index (κ3) is 3.84. The second-order valence-corrected chi connectivity index (χ2v) is 5.62. The van der Waals surface area contributed by atoms with Gasteiger partial charge in [-0.1, -0.05) is 47.3 Å². The molecule has 0 aliphatic heterocycles. The molecular weight excluding hydrogens is 276 g/mol. The first-order chi connectivity index (χ1) is 8.25. The van der Waals surface area contributed by atoms with Crippen LogP contribution in [0.25, 0.3) is 0 Å². The Morgan fingerprint density at radius 2 is 1.82 bits per heavy atom. The number of nitrogens with zero attached hydrogens (tertiary/aromatic N) is 1. The molecule has 3 heteroatoms. The van der Waals surface area contributed by atoms with E-state index in [2.05, 4.69) is 33.1 Å². The third-order valence-electron chi connectivity index (χ3n) is 3.38. The van der Waals surface area contributed by atoms with E-state index in [1.165, 1.54) is 37.7 Å². The van der Waals surface area contributed by atoms with Crippen LogP contribution in [0.4, 0.5) is 0 Å². The molecule has 1 aliphatic rings. The van der Waals surface area contributed by atoms with Crippen molar-refractivity contribution in [2.75, 3.05) is 0 Å². The molecule has 0 amide bonds. The summed E-state index contributed by atoms with van der Waals surface area (Å²) in [6, 6.07) is 8.26. The lowest BCUT2D eigenvalue weighted by atomic mass is 9.88. The highest BCUT2D eigenvalue weighted by molar-refractivity contribution is 9.10. The molecule has 1 aliphatic carbocycles. The van der Waals surface area contributed by atoms with Crippen LogP contribution in [0.3, 0.4) is 0 Å². The quantitative estimate of drug-likeness (QED) is 0.667. The first kappa shape index (κ1) is 12.6. The van der Waals surface area contributed by atoms with Gasteiger partial charge in [0.2, 0.25) is 0 Å². The summed E-state index contributed by atoms with van der Waals surface area (Å²) in [5.41, 5.74) is 7.28. The van der Waals surface area contributed by atoms with Crippen molar-refractivity contribution in [2.45, 2.75) is 38.6 Å². The largest absolute Gasteiger partial charge is 0.387 e. The molecule has 2 rings (SSSR count). The van der Waals surface area contributed by atoms with Crippen molar-refractivity contribution in [2.24, 2.45) is 16.6 Å². The molecule has 17 heavy (non-hydrogen) atoms. The minimum atomic E-state index is 0.527. The molecule has 1 fully saturated rings. The second-order valence-electron chi connectivity index (χ2n) is 4.70.